The molecule has 0 atom stereocenters. The molecule has 2 N–H and O–H groups in total. The van der Waals surface area contributed by atoms with E-state index < -0.39 is 0 Å². The fourth-order valence-corrected chi connectivity index (χ4v) is 3.27. The molecule has 1 aliphatic rings. The number of nitrogens with two attached hydrogens (primary N) is 1. The number of anilines is 2. The van der Waals surface area contributed by atoms with Crippen molar-refractivity contribution in [3.63, 3.8) is 0 Å². The van der Waals surface area contributed by atoms with Gasteiger partial charge in [0, 0.05) is 10.0 Å². The number of amides is 1. The van der Waals surface area contributed by atoms with Crippen molar-refractivity contribution in [3.05, 3.63) is 51.0 Å². The number of aryl methyl sites for hydroxylation is 1. The minimum absolute atomic E-state index is 0.0282. The van der Waals surface area contributed by atoms with Crippen LogP contribution in [0.3, 0.4) is 0 Å². The monoisotopic (exact) mass is 360 g/mol. The van der Waals surface area contributed by atoms with Crippen LogP contribution in [0.1, 0.15) is 27.0 Å². The van der Waals surface area contributed by atoms with E-state index in [2.05, 4.69) is 15.9 Å². The number of carbonyl (C=O) groups is 1. The summed E-state index contributed by atoms with van der Waals surface area (Å²) in [5, 5.41) is 0. The third kappa shape index (κ3) is 2.16. The van der Waals surface area contributed by atoms with Crippen LogP contribution in [0.5, 0.6) is 5.75 Å². The second-order valence-electron chi connectivity index (χ2n) is 5.48. The maximum absolute atomic E-state index is 12.7. The van der Waals surface area contributed by atoms with Crippen LogP contribution in [0.25, 0.3) is 0 Å². The molecule has 5 heteroatoms. The van der Waals surface area contributed by atoms with Gasteiger partial charge in [-0.15, -0.1) is 0 Å². The Morgan fingerprint density at radius 3 is 2.68 bits per heavy atom. The molecule has 22 heavy (non-hydrogen) atoms. The average Bonchev–Trinajstić information content (AvgIpc) is 2.80. The van der Waals surface area contributed by atoms with E-state index in [0.717, 1.165) is 26.7 Å². The maximum Gasteiger partial charge on any atom is 0.259 e. The van der Waals surface area contributed by atoms with E-state index in [9.17, 15) is 4.79 Å². The van der Waals surface area contributed by atoms with Crippen LogP contribution >= 0.6 is 15.9 Å². The minimum Gasteiger partial charge on any atom is -0.494 e. The van der Waals surface area contributed by atoms with Gasteiger partial charge in [0.15, 0.2) is 0 Å². The summed E-state index contributed by atoms with van der Waals surface area (Å²) in [4.78, 5) is 14.4. The molecule has 2 aromatic carbocycles. The molecule has 1 heterocycles. The van der Waals surface area contributed by atoms with Crippen molar-refractivity contribution in [2.75, 3.05) is 17.7 Å². The Kier molecular flexibility index (Phi) is 3.60. The number of hydrogen-bond acceptors (Lipinski definition) is 3. The highest BCUT2D eigenvalue weighted by Crippen LogP contribution is 2.40. The topological polar surface area (TPSA) is 55.6 Å². The number of rotatable bonds is 2. The first-order valence-corrected chi connectivity index (χ1v) is 7.77. The second-order valence-corrected chi connectivity index (χ2v) is 6.39. The first-order valence-electron chi connectivity index (χ1n) is 6.98. The van der Waals surface area contributed by atoms with Crippen LogP contribution < -0.4 is 15.4 Å². The van der Waals surface area contributed by atoms with Gasteiger partial charge in [-0.25, -0.2) is 0 Å². The van der Waals surface area contributed by atoms with Gasteiger partial charge in [0.1, 0.15) is 5.75 Å². The molecule has 114 valence electrons. The fraction of sp³-hybridized carbons (Fsp3) is 0.235. The summed E-state index contributed by atoms with van der Waals surface area (Å²) < 4.78 is 6.38. The van der Waals surface area contributed by atoms with Crippen LogP contribution in [0, 0.1) is 13.8 Å². The van der Waals surface area contributed by atoms with Crippen molar-refractivity contribution in [3.8, 4) is 5.75 Å². The molecule has 1 amide bonds. The molecule has 0 saturated carbocycles. The van der Waals surface area contributed by atoms with Crippen LogP contribution in [0.4, 0.5) is 11.4 Å². The zero-order valence-electron chi connectivity index (χ0n) is 12.7. The molecule has 0 fully saturated rings. The summed E-state index contributed by atoms with van der Waals surface area (Å²) >= 11 is 3.44. The number of hydrogen-bond donors (Lipinski definition) is 1. The van der Waals surface area contributed by atoms with Gasteiger partial charge in [-0.2, -0.15) is 0 Å². The largest absolute Gasteiger partial charge is 0.494 e. The first-order chi connectivity index (χ1) is 10.4. The predicted octanol–water partition coefficient (Wildman–Crippen LogP) is 3.82. The predicted molar refractivity (Wildman–Crippen MR) is 91.5 cm³/mol. The van der Waals surface area contributed by atoms with E-state index in [0.29, 0.717) is 23.7 Å². The molecule has 3 rings (SSSR count). The van der Waals surface area contributed by atoms with Gasteiger partial charge in [0.2, 0.25) is 0 Å². The molecule has 0 aromatic heterocycles. The molecule has 0 unspecified atom stereocenters. The van der Waals surface area contributed by atoms with E-state index in [-0.39, 0.29) is 5.91 Å². The number of fused-ring (bicyclic) bond motifs is 1. The summed E-state index contributed by atoms with van der Waals surface area (Å²) in [7, 11) is 1.60. The van der Waals surface area contributed by atoms with Gasteiger partial charge >= 0.3 is 0 Å². The Balaban J connectivity index is 2.11. The Bertz CT molecular complexity index is 787. The summed E-state index contributed by atoms with van der Waals surface area (Å²) in [6.45, 7) is 4.47. The van der Waals surface area contributed by atoms with E-state index in [1.165, 1.54) is 0 Å². The molecular formula is C17H17BrN2O2. The Morgan fingerprint density at radius 1 is 1.27 bits per heavy atom. The minimum atomic E-state index is -0.0282. The smallest absolute Gasteiger partial charge is 0.259 e. The number of halogens is 1. The van der Waals surface area contributed by atoms with Crippen LogP contribution in [-0.4, -0.2) is 13.0 Å². The third-order valence-corrected chi connectivity index (χ3v) is 4.67. The van der Waals surface area contributed by atoms with Gasteiger partial charge in [-0.1, -0.05) is 15.9 Å². The zero-order valence-corrected chi connectivity index (χ0v) is 14.3. The SMILES string of the molecule is COc1c(C)c(C)cc(N2Cc3cc(Br)ccc3C2=O)c1N. The second kappa shape index (κ2) is 5.32. The maximum atomic E-state index is 12.7. The lowest BCUT2D eigenvalue weighted by atomic mass is 10.1. The number of ether oxygens (including phenoxy) is 1. The molecule has 0 saturated heterocycles. The molecule has 0 aliphatic carbocycles. The van der Waals surface area contributed by atoms with E-state index in [1.807, 2.05) is 38.1 Å². The van der Waals surface area contributed by atoms with Gasteiger partial charge in [0.05, 0.1) is 25.0 Å². The Labute approximate surface area is 138 Å². The normalized spacial score (nSPS) is 13.5. The van der Waals surface area contributed by atoms with E-state index in [4.69, 9.17) is 10.5 Å². The lowest BCUT2D eigenvalue weighted by molar-refractivity contribution is 0.0996. The van der Waals surface area contributed by atoms with Crippen LogP contribution in [0.15, 0.2) is 28.7 Å². The standard InChI is InChI=1S/C17H17BrN2O2/c1-9-6-14(15(19)16(22-3)10(9)2)20-8-11-7-12(18)4-5-13(11)17(20)21/h4-7H,8,19H2,1-3H3. The van der Waals surface area contributed by atoms with Crippen molar-refractivity contribution in [2.45, 2.75) is 20.4 Å². The molecular weight excluding hydrogens is 344 g/mol. The number of methoxy groups -OCH3 is 1. The highest BCUT2D eigenvalue weighted by atomic mass is 79.9. The lowest BCUT2D eigenvalue weighted by Gasteiger charge is -2.22. The summed E-state index contributed by atoms with van der Waals surface area (Å²) in [5.41, 5.74) is 11.2. The quantitative estimate of drug-likeness (QED) is 0.828. The number of nitrogens with zero attached hydrogens (tertiary/aromatic N) is 1. The average molecular weight is 361 g/mol. The van der Waals surface area contributed by atoms with E-state index >= 15 is 0 Å². The number of carbonyl (C=O) groups excluding carboxylic acids is 1. The molecule has 1 aliphatic heterocycles. The molecule has 2 aromatic rings. The lowest BCUT2D eigenvalue weighted by Crippen LogP contribution is -2.24. The van der Waals surface area contributed by atoms with Crippen molar-refractivity contribution >= 4 is 33.2 Å². The molecule has 0 radical (unpaired) electrons. The van der Waals surface area contributed by atoms with Crippen molar-refractivity contribution in [1.82, 2.24) is 0 Å². The van der Waals surface area contributed by atoms with Gasteiger partial charge < -0.3 is 15.4 Å². The summed E-state index contributed by atoms with van der Waals surface area (Å²) in [6, 6.07) is 7.65. The van der Waals surface area contributed by atoms with Crippen molar-refractivity contribution < 1.29 is 9.53 Å². The zero-order chi connectivity index (χ0) is 16.0. The molecule has 4 nitrogen and oxygen atoms in total. The Hall–Kier alpha value is -2.01. The van der Waals surface area contributed by atoms with Crippen LogP contribution in [0.2, 0.25) is 0 Å². The number of benzene rings is 2. The first kappa shape index (κ1) is 14.9. The third-order valence-electron chi connectivity index (χ3n) is 4.17. The van der Waals surface area contributed by atoms with Crippen LogP contribution in [-0.2, 0) is 6.54 Å². The number of nitrogen functional groups attached to an aromatic ring is 1. The van der Waals surface area contributed by atoms with E-state index in [1.54, 1.807) is 12.0 Å². The Morgan fingerprint density at radius 2 is 2.00 bits per heavy atom. The van der Waals surface area contributed by atoms with Crippen molar-refractivity contribution in [1.29, 1.82) is 0 Å². The highest BCUT2D eigenvalue weighted by Gasteiger charge is 2.31. The molecule has 0 spiro atoms. The van der Waals surface area contributed by atoms with Crippen molar-refractivity contribution in [2.24, 2.45) is 0 Å². The van der Waals surface area contributed by atoms with Gasteiger partial charge in [-0.05, 0) is 54.8 Å². The summed E-state index contributed by atoms with van der Waals surface area (Å²) in [5.74, 6) is 0.611. The van der Waals surface area contributed by atoms with Gasteiger partial charge in [-0.3, -0.25) is 4.79 Å². The molecule has 0 bridgehead atoms. The van der Waals surface area contributed by atoms with Gasteiger partial charge in [0.25, 0.3) is 5.91 Å². The fourth-order valence-electron chi connectivity index (χ4n) is 2.86. The highest BCUT2D eigenvalue weighted by molar-refractivity contribution is 9.10. The summed E-state index contributed by atoms with van der Waals surface area (Å²) in [6.07, 6.45) is 0.